The highest BCUT2D eigenvalue weighted by Crippen LogP contribution is 2.31. The van der Waals surface area contributed by atoms with Gasteiger partial charge in [-0.1, -0.05) is 33.6 Å². The second kappa shape index (κ2) is 6.78. The van der Waals surface area contributed by atoms with Gasteiger partial charge in [0.05, 0.1) is 10.6 Å². The molecule has 1 saturated heterocycles. The zero-order valence-electron chi connectivity index (χ0n) is 11.6. The molecule has 2 aromatic rings. The number of benzene rings is 2. The Balaban J connectivity index is 1.88. The fraction of sp³-hybridized carbons (Fsp3) is 0. The molecule has 1 heterocycles. The molecule has 2 N–H and O–H groups in total. The van der Waals surface area contributed by atoms with Gasteiger partial charge in [0.15, 0.2) is 5.17 Å². The van der Waals surface area contributed by atoms with E-state index < -0.39 is 0 Å². The predicted octanol–water partition coefficient (Wildman–Crippen LogP) is 4.70. The van der Waals surface area contributed by atoms with E-state index in [1.165, 1.54) is 11.8 Å². The Morgan fingerprint density at radius 2 is 2.09 bits per heavy atom. The van der Waals surface area contributed by atoms with E-state index in [9.17, 15) is 9.90 Å². The summed E-state index contributed by atoms with van der Waals surface area (Å²) in [4.78, 5) is 16.9. The number of nitrogens with one attached hydrogen (secondary N) is 1. The Labute approximate surface area is 150 Å². The van der Waals surface area contributed by atoms with E-state index in [0.29, 0.717) is 26.3 Å². The summed E-state index contributed by atoms with van der Waals surface area (Å²) in [6, 6.07) is 12.1. The van der Waals surface area contributed by atoms with Crippen LogP contribution in [-0.2, 0) is 4.79 Å². The van der Waals surface area contributed by atoms with Crippen LogP contribution in [0.1, 0.15) is 5.56 Å². The van der Waals surface area contributed by atoms with Crippen LogP contribution in [0.5, 0.6) is 5.75 Å². The highest BCUT2D eigenvalue weighted by Gasteiger charge is 2.24. The third-order valence-electron chi connectivity index (χ3n) is 2.97. The van der Waals surface area contributed by atoms with Gasteiger partial charge in [-0.05, 0) is 54.2 Å². The summed E-state index contributed by atoms with van der Waals surface area (Å²) >= 11 is 10.5. The smallest absolute Gasteiger partial charge is 0.264 e. The number of amides is 1. The van der Waals surface area contributed by atoms with Gasteiger partial charge in [-0.2, -0.15) is 0 Å². The first kappa shape index (κ1) is 16.1. The number of phenolic OH excluding ortho intramolecular Hbond substituents is 1. The molecule has 23 heavy (non-hydrogen) atoms. The van der Waals surface area contributed by atoms with Crippen LogP contribution in [0.2, 0.25) is 5.02 Å². The second-order valence-electron chi connectivity index (χ2n) is 4.66. The quantitative estimate of drug-likeness (QED) is 0.707. The minimum Gasteiger partial charge on any atom is -0.507 e. The first-order valence-corrected chi connectivity index (χ1v) is 8.54. The SMILES string of the molecule is O=C1NC(=Nc2cccc(Cl)c2)S/C1=C/c1cc(Br)ccc1O. The number of phenols is 1. The summed E-state index contributed by atoms with van der Waals surface area (Å²) in [5.74, 6) is -0.149. The average molecular weight is 410 g/mol. The zero-order chi connectivity index (χ0) is 16.4. The summed E-state index contributed by atoms with van der Waals surface area (Å²) in [6.45, 7) is 0. The van der Waals surface area contributed by atoms with E-state index in [-0.39, 0.29) is 11.7 Å². The van der Waals surface area contributed by atoms with E-state index in [2.05, 4.69) is 26.2 Å². The molecule has 0 aromatic heterocycles. The molecule has 0 saturated carbocycles. The van der Waals surface area contributed by atoms with Crippen LogP contribution in [-0.4, -0.2) is 16.2 Å². The Morgan fingerprint density at radius 1 is 1.26 bits per heavy atom. The molecule has 3 rings (SSSR count). The van der Waals surface area contributed by atoms with Crippen molar-refractivity contribution in [1.82, 2.24) is 5.32 Å². The molecule has 0 spiro atoms. The molecule has 1 aliphatic heterocycles. The number of thioether (sulfide) groups is 1. The number of hydrogen-bond acceptors (Lipinski definition) is 4. The Hall–Kier alpha value is -1.76. The molecular weight excluding hydrogens is 400 g/mol. The van der Waals surface area contributed by atoms with E-state index >= 15 is 0 Å². The van der Waals surface area contributed by atoms with Gasteiger partial charge in [0, 0.05) is 15.1 Å². The molecule has 7 heteroatoms. The number of nitrogens with zero attached hydrogens (tertiary/aromatic N) is 1. The van der Waals surface area contributed by atoms with Crippen molar-refractivity contribution in [1.29, 1.82) is 0 Å². The lowest BCUT2D eigenvalue weighted by Gasteiger charge is -2.00. The molecule has 2 aromatic carbocycles. The first-order valence-electron chi connectivity index (χ1n) is 6.55. The molecule has 1 aliphatic rings. The summed E-state index contributed by atoms with van der Waals surface area (Å²) in [6.07, 6.45) is 1.63. The fourth-order valence-corrected chi connectivity index (χ4v) is 3.32. The molecule has 0 radical (unpaired) electrons. The number of carbonyl (C=O) groups is 1. The van der Waals surface area contributed by atoms with Gasteiger partial charge in [-0.25, -0.2) is 4.99 Å². The van der Waals surface area contributed by atoms with E-state index in [1.807, 2.05) is 0 Å². The molecule has 0 bridgehead atoms. The van der Waals surface area contributed by atoms with Crippen molar-refractivity contribution in [2.24, 2.45) is 4.99 Å². The number of rotatable bonds is 2. The highest BCUT2D eigenvalue weighted by molar-refractivity contribution is 9.10. The lowest BCUT2D eigenvalue weighted by molar-refractivity contribution is -0.115. The van der Waals surface area contributed by atoms with Gasteiger partial charge in [0.25, 0.3) is 5.91 Å². The number of carbonyl (C=O) groups excluding carboxylic acids is 1. The van der Waals surface area contributed by atoms with Gasteiger partial charge in [-0.15, -0.1) is 0 Å². The van der Waals surface area contributed by atoms with Crippen molar-refractivity contribution >= 4 is 62.1 Å². The van der Waals surface area contributed by atoms with Crippen LogP contribution in [0.25, 0.3) is 6.08 Å². The van der Waals surface area contributed by atoms with Crippen LogP contribution in [0, 0.1) is 0 Å². The molecule has 1 fully saturated rings. The maximum atomic E-state index is 12.0. The molecule has 0 atom stereocenters. The molecule has 0 unspecified atom stereocenters. The zero-order valence-corrected chi connectivity index (χ0v) is 14.7. The molecule has 116 valence electrons. The van der Waals surface area contributed by atoms with E-state index in [0.717, 1.165) is 4.47 Å². The molecular formula is C16H10BrClN2O2S. The highest BCUT2D eigenvalue weighted by atomic mass is 79.9. The lowest BCUT2D eigenvalue weighted by atomic mass is 10.2. The van der Waals surface area contributed by atoms with Crippen molar-refractivity contribution in [2.45, 2.75) is 0 Å². The van der Waals surface area contributed by atoms with Gasteiger partial charge >= 0.3 is 0 Å². The minimum absolute atomic E-state index is 0.106. The number of aliphatic imine (C=N–C) groups is 1. The van der Waals surface area contributed by atoms with Crippen molar-refractivity contribution < 1.29 is 9.90 Å². The maximum absolute atomic E-state index is 12.0. The number of halogens is 2. The van der Waals surface area contributed by atoms with E-state index in [1.54, 1.807) is 48.5 Å². The van der Waals surface area contributed by atoms with Crippen LogP contribution in [0.3, 0.4) is 0 Å². The van der Waals surface area contributed by atoms with Crippen LogP contribution in [0.4, 0.5) is 5.69 Å². The van der Waals surface area contributed by atoms with Gasteiger partial charge in [0.2, 0.25) is 0 Å². The second-order valence-corrected chi connectivity index (χ2v) is 7.05. The normalized spacial score (nSPS) is 17.7. The monoisotopic (exact) mass is 408 g/mol. The third-order valence-corrected chi connectivity index (χ3v) is 4.60. The summed E-state index contributed by atoms with van der Waals surface area (Å²) < 4.78 is 0.818. The third kappa shape index (κ3) is 3.96. The molecule has 0 aliphatic carbocycles. The largest absolute Gasteiger partial charge is 0.507 e. The lowest BCUT2D eigenvalue weighted by Crippen LogP contribution is -2.19. The Morgan fingerprint density at radius 3 is 2.87 bits per heavy atom. The van der Waals surface area contributed by atoms with Crippen molar-refractivity contribution in [3.8, 4) is 5.75 Å². The first-order chi connectivity index (χ1) is 11.0. The summed E-state index contributed by atoms with van der Waals surface area (Å²) in [5.41, 5.74) is 1.22. The van der Waals surface area contributed by atoms with Gasteiger partial charge < -0.3 is 10.4 Å². The number of hydrogen-bond donors (Lipinski definition) is 2. The Kier molecular flexibility index (Phi) is 4.75. The van der Waals surface area contributed by atoms with E-state index in [4.69, 9.17) is 11.6 Å². The van der Waals surface area contributed by atoms with Gasteiger partial charge in [0.1, 0.15) is 5.75 Å². The fourth-order valence-electron chi connectivity index (χ4n) is 1.93. The average Bonchev–Trinajstić information content (AvgIpc) is 2.83. The van der Waals surface area contributed by atoms with Crippen LogP contribution < -0.4 is 5.32 Å². The van der Waals surface area contributed by atoms with Crippen LogP contribution in [0.15, 0.2) is 56.8 Å². The molecule has 4 nitrogen and oxygen atoms in total. The van der Waals surface area contributed by atoms with Crippen molar-refractivity contribution in [3.63, 3.8) is 0 Å². The molecule has 1 amide bonds. The van der Waals surface area contributed by atoms with Crippen LogP contribution >= 0.6 is 39.3 Å². The summed E-state index contributed by atoms with van der Waals surface area (Å²) in [7, 11) is 0. The Bertz CT molecular complexity index is 852. The number of aromatic hydroxyl groups is 1. The minimum atomic E-state index is -0.254. The van der Waals surface area contributed by atoms with Crippen molar-refractivity contribution in [3.05, 3.63) is 62.4 Å². The van der Waals surface area contributed by atoms with Gasteiger partial charge in [-0.3, -0.25) is 4.79 Å². The predicted molar refractivity (Wildman–Crippen MR) is 98.1 cm³/mol. The summed E-state index contributed by atoms with van der Waals surface area (Å²) in [5, 5.41) is 13.6. The standard InChI is InChI=1S/C16H10BrClN2O2S/c17-10-4-5-13(21)9(6-10)7-14-15(22)20-16(23-14)19-12-3-1-2-11(18)8-12/h1-8,21H,(H,19,20,22)/b14-7+. The topological polar surface area (TPSA) is 61.7 Å². The maximum Gasteiger partial charge on any atom is 0.264 e. The number of amidine groups is 1. The van der Waals surface area contributed by atoms with Crippen molar-refractivity contribution in [2.75, 3.05) is 0 Å².